The van der Waals surface area contributed by atoms with Gasteiger partial charge in [0.25, 0.3) is 0 Å². The van der Waals surface area contributed by atoms with Gasteiger partial charge in [0.15, 0.2) is 0 Å². The second-order valence-corrected chi connectivity index (χ2v) is 5.32. The summed E-state index contributed by atoms with van der Waals surface area (Å²) < 4.78 is 37.4. The summed E-state index contributed by atoms with van der Waals surface area (Å²) in [7, 11) is 0. The van der Waals surface area contributed by atoms with E-state index in [1.807, 2.05) is 13.8 Å². The van der Waals surface area contributed by atoms with Crippen LogP contribution in [0, 0.1) is 0 Å². The largest absolute Gasteiger partial charge is 0.401 e. The molecular weight excluding hydrogens is 241 g/mol. The Kier molecular flexibility index (Phi) is 6.43. The third-order valence-corrected chi connectivity index (χ3v) is 3.57. The number of rotatable bonds is 7. The molecule has 18 heavy (non-hydrogen) atoms. The molecule has 1 saturated carbocycles. The summed E-state index contributed by atoms with van der Waals surface area (Å²) in [6.45, 7) is 4.16. The van der Waals surface area contributed by atoms with Crippen molar-refractivity contribution in [1.29, 1.82) is 0 Å². The van der Waals surface area contributed by atoms with Gasteiger partial charge in [-0.3, -0.25) is 4.90 Å². The van der Waals surface area contributed by atoms with Gasteiger partial charge in [-0.15, -0.1) is 0 Å². The van der Waals surface area contributed by atoms with Crippen molar-refractivity contribution in [1.82, 2.24) is 10.2 Å². The van der Waals surface area contributed by atoms with Gasteiger partial charge in [0, 0.05) is 18.6 Å². The lowest BCUT2D eigenvalue weighted by molar-refractivity contribution is -0.150. The van der Waals surface area contributed by atoms with E-state index in [-0.39, 0.29) is 6.04 Å². The number of halogens is 3. The van der Waals surface area contributed by atoms with Crippen molar-refractivity contribution < 1.29 is 13.2 Å². The Morgan fingerprint density at radius 2 is 1.89 bits per heavy atom. The van der Waals surface area contributed by atoms with Crippen molar-refractivity contribution in [2.75, 3.05) is 19.6 Å². The molecule has 1 fully saturated rings. The zero-order valence-electron chi connectivity index (χ0n) is 11.4. The van der Waals surface area contributed by atoms with Gasteiger partial charge in [0.1, 0.15) is 0 Å². The summed E-state index contributed by atoms with van der Waals surface area (Å²) in [5.41, 5.74) is 0. The predicted octanol–water partition coefficient (Wildman–Crippen LogP) is 3.18. The first-order valence-electron chi connectivity index (χ1n) is 6.96. The first-order valence-corrected chi connectivity index (χ1v) is 6.96. The summed E-state index contributed by atoms with van der Waals surface area (Å²) >= 11 is 0. The molecule has 0 aromatic carbocycles. The molecule has 1 aliphatic rings. The lowest BCUT2D eigenvalue weighted by Crippen LogP contribution is -2.46. The van der Waals surface area contributed by atoms with Gasteiger partial charge in [0.2, 0.25) is 0 Å². The van der Waals surface area contributed by atoms with Gasteiger partial charge in [-0.05, 0) is 32.7 Å². The minimum absolute atomic E-state index is 0.0628. The van der Waals surface area contributed by atoms with E-state index in [1.54, 1.807) is 0 Å². The Morgan fingerprint density at radius 1 is 1.28 bits per heavy atom. The fourth-order valence-corrected chi connectivity index (χ4v) is 2.57. The Morgan fingerprint density at radius 3 is 2.39 bits per heavy atom. The lowest BCUT2D eigenvalue weighted by atomic mass is 10.2. The van der Waals surface area contributed by atoms with Crippen molar-refractivity contribution in [2.24, 2.45) is 0 Å². The molecule has 1 unspecified atom stereocenters. The Hall–Kier alpha value is -0.290. The van der Waals surface area contributed by atoms with Crippen LogP contribution in [-0.4, -0.2) is 42.8 Å². The highest BCUT2D eigenvalue weighted by molar-refractivity contribution is 4.78. The van der Waals surface area contributed by atoms with E-state index in [0.717, 1.165) is 6.42 Å². The van der Waals surface area contributed by atoms with Crippen LogP contribution in [0.2, 0.25) is 0 Å². The molecule has 0 bridgehead atoms. The van der Waals surface area contributed by atoms with Gasteiger partial charge >= 0.3 is 6.18 Å². The van der Waals surface area contributed by atoms with E-state index < -0.39 is 12.7 Å². The smallest absolute Gasteiger partial charge is 0.312 e. The molecule has 1 atom stereocenters. The number of hydrogen-bond acceptors (Lipinski definition) is 2. The molecular formula is C13H25F3N2. The molecule has 1 aliphatic carbocycles. The molecule has 5 heteroatoms. The highest BCUT2D eigenvalue weighted by Gasteiger charge is 2.32. The Labute approximate surface area is 108 Å². The van der Waals surface area contributed by atoms with Crippen molar-refractivity contribution in [2.45, 2.75) is 64.2 Å². The Balaban J connectivity index is 2.35. The zero-order chi connectivity index (χ0) is 13.6. The molecule has 1 rings (SSSR count). The van der Waals surface area contributed by atoms with Crippen LogP contribution >= 0.6 is 0 Å². The average Bonchev–Trinajstić information content (AvgIpc) is 2.76. The highest BCUT2D eigenvalue weighted by Crippen LogP contribution is 2.20. The molecule has 0 spiro atoms. The first-order chi connectivity index (χ1) is 8.42. The molecule has 2 nitrogen and oxygen atoms in total. The van der Waals surface area contributed by atoms with Gasteiger partial charge in [-0.25, -0.2) is 0 Å². The number of hydrogen-bond donors (Lipinski definition) is 1. The molecule has 1 N–H and O–H groups in total. The summed E-state index contributed by atoms with van der Waals surface area (Å²) in [6, 6.07) is 0.453. The predicted molar refractivity (Wildman–Crippen MR) is 67.6 cm³/mol. The van der Waals surface area contributed by atoms with Crippen LogP contribution in [0.5, 0.6) is 0 Å². The van der Waals surface area contributed by atoms with Crippen molar-refractivity contribution in [3.05, 3.63) is 0 Å². The molecule has 0 radical (unpaired) electrons. The van der Waals surface area contributed by atoms with Crippen molar-refractivity contribution in [3.8, 4) is 0 Å². The van der Waals surface area contributed by atoms with Gasteiger partial charge in [-0.2, -0.15) is 13.2 Å². The maximum atomic E-state index is 12.5. The molecule has 0 saturated heterocycles. The summed E-state index contributed by atoms with van der Waals surface area (Å²) in [6.07, 6.45) is 1.47. The second kappa shape index (κ2) is 7.34. The third-order valence-electron chi connectivity index (χ3n) is 3.57. The summed E-state index contributed by atoms with van der Waals surface area (Å²) in [5, 5.41) is 3.40. The summed E-state index contributed by atoms with van der Waals surface area (Å²) in [4.78, 5) is 1.53. The molecule has 0 aromatic heterocycles. The Bertz CT molecular complexity index is 225. The zero-order valence-corrected chi connectivity index (χ0v) is 11.4. The molecule has 0 heterocycles. The number of nitrogens with zero attached hydrogens (tertiary/aromatic N) is 1. The van der Waals surface area contributed by atoms with E-state index in [4.69, 9.17) is 0 Å². The van der Waals surface area contributed by atoms with E-state index in [2.05, 4.69) is 5.32 Å². The van der Waals surface area contributed by atoms with Crippen LogP contribution < -0.4 is 5.32 Å². The first kappa shape index (κ1) is 15.8. The van der Waals surface area contributed by atoms with Crippen LogP contribution in [0.1, 0.15) is 46.0 Å². The molecule has 0 aromatic rings. The monoisotopic (exact) mass is 266 g/mol. The van der Waals surface area contributed by atoms with E-state index in [9.17, 15) is 13.2 Å². The second-order valence-electron chi connectivity index (χ2n) is 5.32. The van der Waals surface area contributed by atoms with Crippen LogP contribution in [0.15, 0.2) is 0 Å². The van der Waals surface area contributed by atoms with Crippen LogP contribution in [-0.2, 0) is 0 Å². The lowest BCUT2D eigenvalue weighted by Gasteiger charge is -2.30. The van der Waals surface area contributed by atoms with E-state index >= 15 is 0 Å². The standard InChI is InChI=1S/C13H25F3N2/c1-3-8-18(10-13(14,15)16)11(2)9-17-12-6-4-5-7-12/h11-12,17H,3-10H2,1-2H3. The molecule has 108 valence electrons. The molecule has 0 aliphatic heterocycles. The van der Waals surface area contributed by atoms with Crippen molar-refractivity contribution in [3.63, 3.8) is 0 Å². The van der Waals surface area contributed by atoms with Gasteiger partial charge in [0.05, 0.1) is 6.54 Å². The normalized spacial score (nSPS) is 19.7. The topological polar surface area (TPSA) is 15.3 Å². The minimum atomic E-state index is -4.10. The minimum Gasteiger partial charge on any atom is -0.312 e. The highest BCUT2D eigenvalue weighted by atomic mass is 19.4. The van der Waals surface area contributed by atoms with E-state index in [0.29, 0.717) is 19.1 Å². The fourth-order valence-electron chi connectivity index (χ4n) is 2.57. The number of alkyl halides is 3. The SMILES string of the molecule is CCCN(CC(F)(F)F)C(C)CNC1CCCC1. The summed E-state index contributed by atoms with van der Waals surface area (Å²) in [5.74, 6) is 0. The van der Waals surface area contributed by atoms with Crippen LogP contribution in [0.3, 0.4) is 0 Å². The third kappa shape index (κ3) is 6.05. The molecule has 0 amide bonds. The van der Waals surface area contributed by atoms with Crippen LogP contribution in [0.25, 0.3) is 0 Å². The fraction of sp³-hybridized carbons (Fsp3) is 1.00. The van der Waals surface area contributed by atoms with Crippen LogP contribution in [0.4, 0.5) is 13.2 Å². The maximum absolute atomic E-state index is 12.5. The van der Waals surface area contributed by atoms with Crippen molar-refractivity contribution >= 4 is 0 Å². The quantitative estimate of drug-likeness (QED) is 0.761. The number of nitrogens with one attached hydrogen (secondary N) is 1. The average molecular weight is 266 g/mol. The maximum Gasteiger partial charge on any atom is 0.401 e. The van der Waals surface area contributed by atoms with Gasteiger partial charge < -0.3 is 5.32 Å². The van der Waals surface area contributed by atoms with E-state index in [1.165, 1.54) is 30.6 Å². The van der Waals surface area contributed by atoms with Gasteiger partial charge in [-0.1, -0.05) is 19.8 Å².